The largest absolute Gasteiger partial charge is 0.268 e. The average molecular weight is 415 g/mol. The molecule has 134 valence electrons. The Labute approximate surface area is 169 Å². The number of aryl methyl sites for hydroxylation is 1. The zero-order valence-electron chi connectivity index (χ0n) is 14.1. The van der Waals surface area contributed by atoms with Crippen molar-refractivity contribution in [1.29, 1.82) is 0 Å². The molecule has 0 spiro atoms. The van der Waals surface area contributed by atoms with Crippen molar-refractivity contribution in [3.05, 3.63) is 79.7 Å². The summed E-state index contributed by atoms with van der Waals surface area (Å²) < 4.78 is 0.287. The third-order valence-corrected chi connectivity index (χ3v) is 5.74. The van der Waals surface area contributed by atoms with Gasteiger partial charge in [-0.3, -0.25) is 9.59 Å². The number of nitrogens with zero attached hydrogens (tertiary/aromatic N) is 2. The van der Waals surface area contributed by atoms with Gasteiger partial charge in [-0.1, -0.05) is 59.1 Å². The highest BCUT2D eigenvalue weighted by Gasteiger charge is 2.35. The van der Waals surface area contributed by atoms with Gasteiger partial charge in [-0.05, 0) is 31.2 Å². The fourth-order valence-corrected chi connectivity index (χ4v) is 4.24. The predicted molar refractivity (Wildman–Crippen MR) is 109 cm³/mol. The van der Waals surface area contributed by atoms with Crippen molar-refractivity contribution in [3.63, 3.8) is 0 Å². The standard InChI is InChI=1S/C20H12Cl2N2O2S/c1-11-6-8-12(9-7-11)24-18(25)14-5-3-2-4-13(14)15(19(24)26)10-16-17(21)23-20(22)27-16/h2-10H,1H3/b15-10-. The first-order valence-electron chi connectivity index (χ1n) is 8.04. The number of hydrogen-bond acceptors (Lipinski definition) is 4. The minimum absolute atomic E-state index is 0.224. The first-order valence-corrected chi connectivity index (χ1v) is 9.61. The van der Waals surface area contributed by atoms with Gasteiger partial charge >= 0.3 is 0 Å². The number of imide groups is 1. The number of thiazole rings is 1. The molecule has 2 heterocycles. The van der Waals surface area contributed by atoms with Crippen LogP contribution in [0.4, 0.5) is 5.69 Å². The molecule has 0 fully saturated rings. The summed E-state index contributed by atoms with van der Waals surface area (Å²) in [5, 5.41) is 0.224. The van der Waals surface area contributed by atoms with E-state index >= 15 is 0 Å². The van der Waals surface area contributed by atoms with Gasteiger partial charge in [-0.25, -0.2) is 9.88 Å². The molecule has 0 saturated heterocycles. The smallest absolute Gasteiger partial charge is 0.266 e. The molecule has 2 aromatic carbocycles. The number of rotatable bonds is 2. The topological polar surface area (TPSA) is 50.3 Å². The summed E-state index contributed by atoms with van der Waals surface area (Å²) in [6, 6.07) is 14.3. The maximum Gasteiger partial charge on any atom is 0.266 e. The van der Waals surface area contributed by atoms with E-state index in [-0.39, 0.29) is 15.5 Å². The van der Waals surface area contributed by atoms with Crippen molar-refractivity contribution in [2.24, 2.45) is 0 Å². The van der Waals surface area contributed by atoms with Crippen molar-refractivity contribution in [2.45, 2.75) is 6.92 Å². The fourth-order valence-electron chi connectivity index (χ4n) is 2.93. The van der Waals surface area contributed by atoms with E-state index in [4.69, 9.17) is 23.2 Å². The molecule has 4 rings (SSSR count). The number of carbonyl (C=O) groups excluding carboxylic acids is 2. The van der Waals surface area contributed by atoms with E-state index in [0.29, 0.717) is 27.3 Å². The van der Waals surface area contributed by atoms with Crippen molar-refractivity contribution >= 4 is 63.7 Å². The van der Waals surface area contributed by atoms with Crippen molar-refractivity contribution in [3.8, 4) is 0 Å². The molecule has 0 saturated carbocycles. The monoisotopic (exact) mass is 414 g/mol. The number of anilines is 1. The first-order chi connectivity index (χ1) is 13.0. The molecule has 0 bridgehead atoms. The highest BCUT2D eigenvalue weighted by molar-refractivity contribution is 7.17. The summed E-state index contributed by atoms with van der Waals surface area (Å²) in [7, 11) is 0. The maximum atomic E-state index is 13.3. The number of halogens is 2. The van der Waals surface area contributed by atoms with Crippen molar-refractivity contribution in [1.82, 2.24) is 4.98 Å². The van der Waals surface area contributed by atoms with Gasteiger partial charge in [-0.2, -0.15) is 0 Å². The molecule has 0 N–H and O–H groups in total. The molecule has 1 aliphatic rings. The number of carbonyl (C=O) groups is 2. The lowest BCUT2D eigenvalue weighted by molar-refractivity contribution is -0.112. The molecular weight excluding hydrogens is 403 g/mol. The van der Waals surface area contributed by atoms with Crippen LogP contribution in [0.1, 0.15) is 26.4 Å². The SMILES string of the molecule is Cc1ccc(N2C(=O)/C(=C\c3sc(Cl)nc3Cl)c3ccccc3C2=O)cc1. The Kier molecular flexibility index (Phi) is 4.60. The second kappa shape index (κ2) is 6.93. The van der Waals surface area contributed by atoms with Crippen LogP contribution < -0.4 is 4.90 Å². The molecule has 2 amide bonds. The normalized spacial score (nSPS) is 15.4. The number of amides is 2. The summed E-state index contributed by atoms with van der Waals surface area (Å²) in [6.07, 6.45) is 1.64. The second-order valence-corrected chi connectivity index (χ2v) is 7.98. The van der Waals surface area contributed by atoms with Gasteiger partial charge in [0.05, 0.1) is 10.6 Å². The summed E-state index contributed by atoms with van der Waals surface area (Å²) in [5.74, 6) is -0.770. The van der Waals surface area contributed by atoms with Crippen LogP contribution in [-0.4, -0.2) is 16.8 Å². The van der Waals surface area contributed by atoms with Crippen molar-refractivity contribution < 1.29 is 9.59 Å². The van der Waals surface area contributed by atoms with E-state index in [1.54, 1.807) is 42.5 Å². The predicted octanol–water partition coefficient (Wildman–Crippen LogP) is 5.49. The van der Waals surface area contributed by atoms with Gasteiger partial charge in [0.15, 0.2) is 4.47 Å². The average Bonchev–Trinajstić information content (AvgIpc) is 2.97. The van der Waals surface area contributed by atoms with Gasteiger partial charge in [0.25, 0.3) is 11.8 Å². The molecule has 27 heavy (non-hydrogen) atoms. The Bertz CT molecular complexity index is 1100. The Balaban J connectivity index is 1.91. The van der Waals surface area contributed by atoms with Gasteiger partial charge < -0.3 is 0 Å². The lowest BCUT2D eigenvalue weighted by Crippen LogP contribution is -2.41. The summed E-state index contributed by atoms with van der Waals surface area (Å²) in [4.78, 5) is 32.0. The van der Waals surface area contributed by atoms with E-state index in [0.717, 1.165) is 5.56 Å². The molecular formula is C20H12Cl2N2O2S. The highest BCUT2D eigenvalue weighted by Crippen LogP contribution is 2.36. The maximum absolute atomic E-state index is 13.3. The van der Waals surface area contributed by atoms with E-state index in [1.165, 1.54) is 16.2 Å². The van der Waals surface area contributed by atoms with E-state index in [9.17, 15) is 9.59 Å². The minimum Gasteiger partial charge on any atom is -0.268 e. The number of fused-ring (bicyclic) bond motifs is 1. The number of hydrogen-bond donors (Lipinski definition) is 0. The number of benzene rings is 2. The van der Waals surface area contributed by atoms with Crippen LogP contribution in [0.25, 0.3) is 11.6 Å². The van der Waals surface area contributed by atoms with Gasteiger partial charge in [0.1, 0.15) is 5.15 Å². The first kappa shape index (κ1) is 17.9. The van der Waals surface area contributed by atoms with Crippen LogP contribution in [0.15, 0.2) is 48.5 Å². The fraction of sp³-hybridized carbons (Fsp3) is 0.0500. The quantitative estimate of drug-likeness (QED) is 0.411. The summed E-state index contributed by atoms with van der Waals surface area (Å²) in [5.41, 5.74) is 2.95. The molecule has 4 nitrogen and oxygen atoms in total. The van der Waals surface area contributed by atoms with Crippen LogP contribution in [0.2, 0.25) is 9.62 Å². The molecule has 0 radical (unpaired) electrons. The molecule has 3 aromatic rings. The molecule has 0 aliphatic carbocycles. The third-order valence-electron chi connectivity index (χ3n) is 4.24. The summed E-state index contributed by atoms with van der Waals surface area (Å²) in [6.45, 7) is 1.94. The Hall–Kier alpha value is -2.47. The summed E-state index contributed by atoms with van der Waals surface area (Å²) >= 11 is 13.2. The molecule has 1 aromatic heterocycles. The lowest BCUT2D eigenvalue weighted by Gasteiger charge is -2.28. The lowest BCUT2D eigenvalue weighted by atomic mass is 9.92. The Morgan fingerprint density at radius 3 is 2.26 bits per heavy atom. The zero-order valence-corrected chi connectivity index (χ0v) is 16.4. The third kappa shape index (κ3) is 3.18. The van der Waals surface area contributed by atoms with Crippen LogP contribution in [0.5, 0.6) is 0 Å². The van der Waals surface area contributed by atoms with E-state index in [2.05, 4.69) is 4.98 Å². The molecule has 0 atom stereocenters. The second-order valence-electron chi connectivity index (χ2n) is 6.01. The van der Waals surface area contributed by atoms with Gasteiger partial charge in [0.2, 0.25) is 0 Å². The molecule has 0 unspecified atom stereocenters. The number of aromatic nitrogens is 1. The van der Waals surface area contributed by atoms with Crippen LogP contribution in [0, 0.1) is 6.92 Å². The van der Waals surface area contributed by atoms with Crippen LogP contribution in [-0.2, 0) is 4.79 Å². The minimum atomic E-state index is -0.414. The van der Waals surface area contributed by atoms with Crippen molar-refractivity contribution in [2.75, 3.05) is 4.90 Å². The Morgan fingerprint density at radius 2 is 1.63 bits per heavy atom. The van der Waals surface area contributed by atoms with Crippen LogP contribution >= 0.6 is 34.5 Å². The molecule has 1 aliphatic heterocycles. The molecule has 7 heteroatoms. The van der Waals surface area contributed by atoms with Gasteiger partial charge in [0, 0.05) is 16.7 Å². The Morgan fingerprint density at radius 1 is 0.963 bits per heavy atom. The van der Waals surface area contributed by atoms with Crippen LogP contribution in [0.3, 0.4) is 0 Å². The van der Waals surface area contributed by atoms with Gasteiger partial charge in [-0.15, -0.1) is 11.3 Å². The zero-order chi connectivity index (χ0) is 19.1. The van der Waals surface area contributed by atoms with E-state index in [1.807, 2.05) is 19.1 Å². The highest BCUT2D eigenvalue weighted by atomic mass is 35.5. The van der Waals surface area contributed by atoms with E-state index < -0.39 is 5.91 Å².